The Bertz CT molecular complexity index is 244. The Morgan fingerprint density at radius 3 is 3.08 bits per heavy atom. The van der Waals surface area contributed by atoms with Crippen LogP contribution in [0.5, 0.6) is 0 Å². The first kappa shape index (κ1) is 9.78. The van der Waals surface area contributed by atoms with Gasteiger partial charge < -0.3 is 5.32 Å². The van der Waals surface area contributed by atoms with Crippen LogP contribution in [0.1, 0.15) is 11.3 Å². The summed E-state index contributed by atoms with van der Waals surface area (Å²) in [6.45, 7) is 5.54. The summed E-state index contributed by atoms with van der Waals surface area (Å²) in [7, 11) is 0. The van der Waals surface area contributed by atoms with Gasteiger partial charge in [0.2, 0.25) is 0 Å². The highest BCUT2D eigenvalue weighted by atomic mass is 35.5. The molecule has 0 aliphatic carbocycles. The third kappa shape index (κ3) is 3.39. The van der Waals surface area contributed by atoms with E-state index in [0.717, 1.165) is 24.5 Å². The Morgan fingerprint density at radius 2 is 2.50 bits per heavy atom. The Kier molecular flexibility index (Phi) is 4.36. The molecule has 0 aromatic carbocycles. The molecule has 0 spiro atoms. The molecule has 1 aromatic rings. The maximum atomic E-state index is 5.77. The van der Waals surface area contributed by atoms with Crippen LogP contribution in [0, 0.1) is 0 Å². The van der Waals surface area contributed by atoms with Gasteiger partial charge in [-0.3, -0.25) is 0 Å². The maximum Gasteiger partial charge on any atom is 0.0516 e. The molecule has 1 heterocycles. The van der Waals surface area contributed by atoms with E-state index in [4.69, 9.17) is 11.6 Å². The van der Waals surface area contributed by atoms with Crippen molar-refractivity contribution in [3.63, 3.8) is 0 Å². The molecule has 0 bridgehead atoms. The van der Waals surface area contributed by atoms with Gasteiger partial charge in [-0.25, -0.2) is 0 Å². The first-order valence-corrected chi connectivity index (χ1v) is 5.13. The molecule has 0 unspecified atom stereocenters. The zero-order valence-corrected chi connectivity index (χ0v) is 8.42. The minimum Gasteiger partial charge on any atom is -0.312 e. The van der Waals surface area contributed by atoms with E-state index in [1.807, 2.05) is 17.5 Å². The normalized spacial score (nSPS) is 10.1. The minimum absolute atomic E-state index is 0.834. The van der Waals surface area contributed by atoms with E-state index in [-0.39, 0.29) is 0 Å². The molecule has 0 atom stereocenters. The monoisotopic (exact) mass is 201 g/mol. The number of nitrogens with one attached hydrogen (secondary N) is 1. The SMILES string of the molecule is C=CCCNCc1cc(Cl)cs1. The summed E-state index contributed by atoms with van der Waals surface area (Å²) in [5, 5.41) is 6.08. The van der Waals surface area contributed by atoms with E-state index in [1.165, 1.54) is 4.88 Å². The fraction of sp³-hybridized carbons (Fsp3) is 0.333. The van der Waals surface area contributed by atoms with Crippen LogP contribution in [-0.4, -0.2) is 6.54 Å². The maximum absolute atomic E-state index is 5.77. The van der Waals surface area contributed by atoms with E-state index in [2.05, 4.69) is 11.9 Å². The molecule has 66 valence electrons. The lowest BCUT2D eigenvalue weighted by Crippen LogP contribution is -2.12. The average molecular weight is 202 g/mol. The van der Waals surface area contributed by atoms with Crippen molar-refractivity contribution in [2.24, 2.45) is 0 Å². The van der Waals surface area contributed by atoms with Gasteiger partial charge in [0.25, 0.3) is 0 Å². The van der Waals surface area contributed by atoms with Gasteiger partial charge in [-0.15, -0.1) is 17.9 Å². The third-order valence-corrected chi connectivity index (χ3v) is 2.73. The molecule has 0 saturated heterocycles. The van der Waals surface area contributed by atoms with Crippen LogP contribution in [0.3, 0.4) is 0 Å². The van der Waals surface area contributed by atoms with Gasteiger partial charge in [0.15, 0.2) is 0 Å². The van der Waals surface area contributed by atoms with Crippen molar-refractivity contribution in [3.8, 4) is 0 Å². The molecule has 0 aliphatic rings. The molecule has 0 radical (unpaired) electrons. The van der Waals surface area contributed by atoms with Gasteiger partial charge >= 0.3 is 0 Å². The lowest BCUT2D eigenvalue weighted by molar-refractivity contribution is 0.703. The molecule has 0 amide bonds. The van der Waals surface area contributed by atoms with Crippen LogP contribution in [0.15, 0.2) is 24.1 Å². The highest BCUT2D eigenvalue weighted by Crippen LogP contribution is 2.18. The van der Waals surface area contributed by atoms with Gasteiger partial charge in [-0.1, -0.05) is 17.7 Å². The molecule has 12 heavy (non-hydrogen) atoms. The molecule has 1 rings (SSSR count). The Labute approximate surface area is 82.1 Å². The molecule has 1 aromatic heterocycles. The highest BCUT2D eigenvalue weighted by molar-refractivity contribution is 7.10. The standard InChI is InChI=1S/C9H12ClNS/c1-2-3-4-11-6-9-5-8(10)7-12-9/h2,5,7,11H,1,3-4,6H2. The smallest absolute Gasteiger partial charge is 0.0516 e. The summed E-state index contributed by atoms with van der Waals surface area (Å²) >= 11 is 7.45. The molecular weight excluding hydrogens is 190 g/mol. The van der Waals surface area contributed by atoms with Crippen LogP contribution in [-0.2, 0) is 6.54 Å². The lowest BCUT2D eigenvalue weighted by Gasteiger charge is -1.98. The predicted molar refractivity (Wildman–Crippen MR) is 55.8 cm³/mol. The summed E-state index contributed by atoms with van der Waals surface area (Å²) in [6.07, 6.45) is 2.92. The van der Waals surface area contributed by atoms with Crippen molar-refractivity contribution in [1.29, 1.82) is 0 Å². The van der Waals surface area contributed by atoms with Gasteiger partial charge in [-0.05, 0) is 19.0 Å². The zero-order valence-electron chi connectivity index (χ0n) is 6.85. The van der Waals surface area contributed by atoms with Gasteiger partial charge in [0.05, 0.1) is 5.02 Å². The van der Waals surface area contributed by atoms with Gasteiger partial charge in [0, 0.05) is 16.8 Å². The predicted octanol–water partition coefficient (Wildman–Crippen LogP) is 3.07. The van der Waals surface area contributed by atoms with Crippen molar-refractivity contribution in [2.45, 2.75) is 13.0 Å². The second kappa shape index (κ2) is 5.36. The Balaban J connectivity index is 2.19. The van der Waals surface area contributed by atoms with Gasteiger partial charge in [0.1, 0.15) is 0 Å². The lowest BCUT2D eigenvalue weighted by atomic mass is 10.4. The number of halogens is 1. The van der Waals surface area contributed by atoms with Crippen molar-refractivity contribution in [3.05, 3.63) is 34.0 Å². The van der Waals surface area contributed by atoms with E-state index in [0.29, 0.717) is 0 Å². The Morgan fingerprint density at radius 1 is 1.67 bits per heavy atom. The first-order chi connectivity index (χ1) is 5.83. The molecule has 0 aliphatic heterocycles. The van der Waals surface area contributed by atoms with Crippen LogP contribution in [0.4, 0.5) is 0 Å². The van der Waals surface area contributed by atoms with Crippen LogP contribution < -0.4 is 5.32 Å². The second-order valence-electron chi connectivity index (χ2n) is 2.49. The summed E-state index contributed by atoms with van der Waals surface area (Å²) in [4.78, 5) is 1.28. The van der Waals surface area contributed by atoms with Crippen molar-refractivity contribution >= 4 is 22.9 Å². The van der Waals surface area contributed by atoms with E-state index in [1.54, 1.807) is 11.3 Å². The highest BCUT2D eigenvalue weighted by Gasteiger charge is 1.95. The van der Waals surface area contributed by atoms with Crippen LogP contribution >= 0.6 is 22.9 Å². The van der Waals surface area contributed by atoms with Gasteiger partial charge in [-0.2, -0.15) is 0 Å². The summed E-state index contributed by atoms with van der Waals surface area (Å²) < 4.78 is 0. The molecule has 0 saturated carbocycles. The van der Waals surface area contributed by atoms with Crippen molar-refractivity contribution in [2.75, 3.05) is 6.54 Å². The molecule has 1 nitrogen and oxygen atoms in total. The molecule has 1 N–H and O–H groups in total. The summed E-state index contributed by atoms with van der Waals surface area (Å²) in [6, 6.07) is 1.99. The number of hydrogen-bond donors (Lipinski definition) is 1. The topological polar surface area (TPSA) is 12.0 Å². The van der Waals surface area contributed by atoms with E-state index < -0.39 is 0 Å². The summed E-state index contributed by atoms with van der Waals surface area (Å²) in [5.74, 6) is 0. The van der Waals surface area contributed by atoms with Crippen molar-refractivity contribution < 1.29 is 0 Å². The fourth-order valence-corrected chi connectivity index (χ4v) is 1.90. The Hall–Kier alpha value is -0.310. The van der Waals surface area contributed by atoms with Crippen LogP contribution in [0.25, 0.3) is 0 Å². The zero-order chi connectivity index (χ0) is 8.81. The first-order valence-electron chi connectivity index (χ1n) is 3.87. The molecule has 0 fully saturated rings. The molecule has 3 heteroatoms. The number of rotatable bonds is 5. The number of hydrogen-bond acceptors (Lipinski definition) is 2. The average Bonchev–Trinajstić information content (AvgIpc) is 2.45. The largest absolute Gasteiger partial charge is 0.312 e. The molecular formula is C9H12ClNS. The number of thiophene rings is 1. The quantitative estimate of drug-likeness (QED) is 0.571. The fourth-order valence-electron chi connectivity index (χ4n) is 0.862. The van der Waals surface area contributed by atoms with Crippen molar-refractivity contribution in [1.82, 2.24) is 5.32 Å². The van der Waals surface area contributed by atoms with Crippen LogP contribution in [0.2, 0.25) is 5.02 Å². The third-order valence-electron chi connectivity index (χ3n) is 1.45. The minimum atomic E-state index is 0.834. The van der Waals surface area contributed by atoms with E-state index in [9.17, 15) is 0 Å². The van der Waals surface area contributed by atoms with E-state index >= 15 is 0 Å². The second-order valence-corrected chi connectivity index (χ2v) is 3.92. The summed E-state index contributed by atoms with van der Waals surface area (Å²) in [5.41, 5.74) is 0.